The number of fused-ring (bicyclic) bond motifs is 3. The van der Waals surface area contributed by atoms with Gasteiger partial charge in [0.15, 0.2) is 0 Å². The van der Waals surface area contributed by atoms with Crippen LogP contribution in [0.2, 0.25) is 0 Å². The first-order valence-electron chi connectivity index (χ1n) is 11.5. The topological polar surface area (TPSA) is 105 Å². The van der Waals surface area contributed by atoms with Gasteiger partial charge >= 0.3 is 12.1 Å². The van der Waals surface area contributed by atoms with Crippen LogP contribution in [-0.4, -0.2) is 40.8 Å². The van der Waals surface area contributed by atoms with Crippen LogP contribution >= 0.6 is 0 Å². The lowest BCUT2D eigenvalue weighted by molar-refractivity contribution is -0.138. The number of carboxylic acids is 1. The Morgan fingerprint density at radius 3 is 2.03 bits per heavy atom. The highest BCUT2D eigenvalue weighted by atomic mass is 16.5. The van der Waals surface area contributed by atoms with E-state index in [0.717, 1.165) is 22.3 Å². The number of carbonyl (C=O) groups is 3. The molecule has 2 aliphatic carbocycles. The van der Waals surface area contributed by atoms with Gasteiger partial charge in [-0.1, -0.05) is 62.4 Å². The molecule has 0 spiro atoms. The second kappa shape index (κ2) is 8.89. The molecule has 33 heavy (non-hydrogen) atoms. The summed E-state index contributed by atoms with van der Waals surface area (Å²) in [5.41, 5.74) is 2.66. The molecule has 0 heterocycles. The first-order chi connectivity index (χ1) is 15.8. The molecular weight excluding hydrogens is 420 g/mol. The van der Waals surface area contributed by atoms with Crippen LogP contribution in [0.5, 0.6) is 0 Å². The Morgan fingerprint density at radius 1 is 1.00 bits per heavy atom. The van der Waals surface area contributed by atoms with Gasteiger partial charge < -0.3 is 20.5 Å². The number of alkyl carbamates (subject to hydrolysis) is 1. The summed E-state index contributed by atoms with van der Waals surface area (Å²) in [5.74, 6) is -1.38. The van der Waals surface area contributed by atoms with Crippen molar-refractivity contribution >= 4 is 18.0 Å². The number of nitrogens with one attached hydrogen (secondary N) is 2. The van der Waals surface area contributed by atoms with Crippen molar-refractivity contribution in [2.75, 3.05) is 6.61 Å². The molecule has 0 bridgehead atoms. The number of carbonyl (C=O) groups excluding carboxylic acids is 2. The molecule has 1 fully saturated rings. The van der Waals surface area contributed by atoms with E-state index >= 15 is 0 Å². The molecule has 0 aliphatic heterocycles. The number of rotatable bonds is 9. The molecule has 3 N–H and O–H groups in total. The first kappa shape index (κ1) is 22.8. The van der Waals surface area contributed by atoms with Gasteiger partial charge in [-0.15, -0.1) is 0 Å². The second-order valence-corrected chi connectivity index (χ2v) is 9.04. The number of hydrogen-bond acceptors (Lipinski definition) is 4. The van der Waals surface area contributed by atoms with Crippen LogP contribution in [0.4, 0.5) is 4.79 Å². The highest BCUT2D eigenvalue weighted by Crippen LogP contribution is 2.44. The van der Waals surface area contributed by atoms with Crippen molar-refractivity contribution in [1.29, 1.82) is 0 Å². The molecule has 2 amide bonds. The Bertz CT molecular complexity index is 1030. The van der Waals surface area contributed by atoms with Crippen molar-refractivity contribution in [1.82, 2.24) is 10.6 Å². The van der Waals surface area contributed by atoms with Gasteiger partial charge in [0.1, 0.15) is 12.1 Å². The lowest BCUT2D eigenvalue weighted by Gasteiger charge is -2.33. The quantitative estimate of drug-likeness (QED) is 0.531. The molecule has 4 rings (SSSR count). The van der Waals surface area contributed by atoms with Crippen LogP contribution in [0, 0.1) is 0 Å². The third kappa shape index (κ3) is 4.45. The zero-order valence-electron chi connectivity index (χ0n) is 19.0. The molecule has 7 nitrogen and oxygen atoms in total. The standard InChI is InChI=1S/C26H30N2O5/c1-3-26(4-2,23(31)27-25(13-14-25)15-22(29)30)28-24(32)33-16-21-19-11-7-5-9-17(19)18-10-6-8-12-20(18)21/h5-12,21H,3-4,13-16H2,1-2H3,(H,27,31)(H,28,32)(H,29,30). The molecule has 0 radical (unpaired) electrons. The number of hydrogen-bond donors (Lipinski definition) is 3. The van der Waals surface area contributed by atoms with Crippen molar-refractivity contribution in [2.45, 2.75) is 62.9 Å². The normalized spacial score (nSPS) is 15.8. The summed E-state index contributed by atoms with van der Waals surface area (Å²) in [6, 6.07) is 16.2. The number of ether oxygens (including phenoxy) is 1. The lowest BCUT2D eigenvalue weighted by atomic mass is 9.91. The van der Waals surface area contributed by atoms with Crippen LogP contribution < -0.4 is 10.6 Å². The molecule has 0 aromatic heterocycles. The SMILES string of the molecule is CCC(CC)(NC(=O)OCC1c2ccccc2-c2ccccc21)C(=O)NC1(CC(=O)O)CC1. The van der Waals surface area contributed by atoms with Gasteiger partial charge in [0.2, 0.25) is 5.91 Å². The highest BCUT2D eigenvalue weighted by Gasteiger charge is 2.49. The van der Waals surface area contributed by atoms with E-state index in [0.29, 0.717) is 25.7 Å². The van der Waals surface area contributed by atoms with E-state index in [-0.39, 0.29) is 24.9 Å². The number of benzene rings is 2. The van der Waals surface area contributed by atoms with E-state index in [9.17, 15) is 14.4 Å². The highest BCUT2D eigenvalue weighted by molar-refractivity contribution is 5.91. The molecule has 174 valence electrons. The fraction of sp³-hybridized carbons (Fsp3) is 0.423. The van der Waals surface area contributed by atoms with Gasteiger partial charge in [-0.25, -0.2) is 4.79 Å². The third-order valence-electron chi connectivity index (χ3n) is 7.05. The van der Waals surface area contributed by atoms with Crippen molar-refractivity contribution in [3.8, 4) is 11.1 Å². The van der Waals surface area contributed by atoms with Crippen molar-refractivity contribution in [2.24, 2.45) is 0 Å². The zero-order chi connectivity index (χ0) is 23.6. The minimum absolute atomic E-state index is 0.0695. The van der Waals surface area contributed by atoms with E-state index in [1.165, 1.54) is 0 Å². The van der Waals surface area contributed by atoms with E-state index < -0.39 is 23.1 Å². The molecule has 0 atom stereocenters. The minimum atomic E-state index is -1.16. The molecule has 0 saturated heterocycles. The molecule has 2 aromatic carbocycles. The Balaban J connectivity index is 1.44. The Kier molecular flexibility index (Phi) is 6.15. The van der Waals surface area contributed by atoms with Crippen LogP contribution in [0.1, 0.15) is 63.0 Å². The Morgan fingerprint density at radius 2 is 1.55 bits per heavy atom. The van der Waals surface area contributed by atoms with Gasteiger partial charge in [0, 0.05) is 5.92 Å². The van der Waals surface area contributed by atoms with Gasteiger partial charge in [-0.2, -0.15) is 0 Å². The van der Waals surface area contributed by atoms with E-state index in [2.05, 4.69) is 34.9 Å². The maximum absolute atomic E-state index is 13.1. The van der Waals surface area contributed by atoms with E-state index in [4.69, 9.17) is 9.84 Å². The number of aliphatic carboxylic acids is 1. The zero-order valence-corrected chi connectivity index (χ0v) is 19.0. The summed E-state index contributed by atoms with van der Waals surface area (Å²) in [6.07, 6.45) is 1.20. The van der Waals surface area contributed by atoms with Gasteiger partial charge in [0.05, 0.1) is 12.0 Å². The predicted octanol–water partition coefficient (Wildman–Crippen LogP) is 4.21. The summed E-state index contributed by atoms with van der Waals surface area (Å²) in [5, 5.41) is 14.8. The fourth-order valence-corrected chi connectivity index (χ4v) is 4.78. The van der Waals surface area contributed by atoms with Gasteiger partial charge in [-0.3, -0.25) is 9.59 Å². The number of carboxylic acid groups (broad SMARTS) is 1. The molecule has 7 heteroatoms. The lowest BCUT2D eigenvalue weighted by Crippen LogP contribution is -2.60. The van der Waals surface area contributed by atoms with E-state index in [1.54, 1.807) is 0 Å². The second-order valence-electron chi connectivity index (χ2n) is 9.04. The van der Waals surface area contributed by atoms with Crippen molar-refractivity contribution in [3.05, 3.63) is 59.7 Å². The molecule has 1 saturated carbocycles. The Hall–Kier alpha value is -3.35. The maximum Gasteiger partial charge on any atom is 0.408 e. The van der Waals surface area contributed by atoms with Crippen LogP contribution in [0.3, 0.4) is 0 Å². The first-order valence-corrected chi connectivity index (χ1v) is 11.5. The summed E-state index contributed by atoms with van der Waals surface area (Å²) < 4.78 is 5.64. The van der Waals surface area contributed by atoms with Gasteiger partial charge in [0.25, 0.3) is 0 Å². The summed E-state index contributed by atoms with van der Waals surface area (Å²) >= 11 is 0. The maximum atomic E-state index is 13.1. The molecule has 2 aliphatic rings. The third-order valence-corrected chi connectivity index (χ3v) is 7.05. The molecular formula is C26H30N2O5. The summed E-state index contributed by atoms with van der Waals surface area (Å²) in [7, 11) is 0. The predicted molar refractivity (Wildman–Crippen MR) is 124 cm³/mol. The average molecular weight is 451 g/mol. The molecule has 0 unspecified atom stereocenters. The van der Waals surface area contributed by atoms with Crippen molar-refractivity contribution in [3.63, 3.8) is 0 Å². The fourth-order valence-electron chi connectivity index (χ4n) is 4.78. The van der Waals surface area contributed by atoms with E-state index in [1.807, 2.05) is 38.1 Å². The minimum Gasteiger partial charge on any atom is -0.481 e. The largest absolute Gasteiger partial charge is 0.481 e. The Labute approximate surface area is 193 Å². The van der Waals surface area contributed by atoms with Crippen LogP contribution in [0.25, 0.3) is 11.1 Å². The summed E-state index contributed by atoms with van der Waals surface area (Å²) in [6.45, 7) is 3.81. The van der Waals surface area contributed by atoms with Crippen LogP contribution in [-0.2, 0) is 14.3 Å². The average Bonchev–Trinajstić information content (AvgIpc) is 3.47. The summed E-state index contributed by atoms with van der Waals surface area (Å²) in [4.78, 5) is 37.1. The number of amides is 2. The van der Waals surface area contributed by atoms with Gasteiger partial charge in [-0.05, 0) is 47.9 Å². The van der Waals surface area contributed by atoms with Crippen LogP contribution in [0.15, 0.2) is 48.5 Å². The monoisotopic (exact) mass is 450 g/mol. The van der Waals surface area contributed by atoms with Crippen molar-refractivity contribution < 1.29 is 24.2 Å². The smallest absolute Gasteiger partial charge is 0.408 e. The molecule has 2 aromatic rings.